The molecule has 0 bridgehead atoms. The number of esters is 1. The van der Waals surface area contributed by atoms with E-state index in [-0.39, 0.29) is 6.61 Å². The van der Waals surface area contributed by atoms with Crippen LogP contribution in [-0.2, 0) is 9.53 Å². The highest BCUT2D eigenvalue weighted by Crippen LogP contribution is 2.12. The minimum Gasteiger partial charge on any atom is -0.461 e. The largest absolute Gasteiger partial charge is 0.461 e. The molecule has 0 N–H and O–H groups in total. The molecule has 0 spiro atoms. The zero-order chi connectivity index (χ0) is 8.91. The number of hydrogen-bond acceptors (Lipinski definition) is 3. The molecule has 0 saturated carbocycles. The van der Waals surface area contributed by atoms with E-state index < -0.39 is 11.4 Å². The molecule has 0 amide bonds. The van der Waals surface area contributed by atoms with Gasteiger partial charge in [0.25, 0.3) is 0 Å². The second-order valence-electron chi connectivity index (χ2n) is 2.81. The molecule has 0 aromatic rings. The highest BCUT2D eigenvalue weighted by atomic mass is 16.5. The van der Waals surface area contributed by atoms with E-state index >= 15 is 0 Å². The Morgan fingerprint density at radius 2 is 2.36 bits per heavy atom. The smallest absolute Gasteiger partial charge is 0.330 e. The molecule has 0 aliphatic carbocycles. The number of rotatable bonds is 3. The van der Waals surface area contributed by atoms with Crippen molar-refractivity contribution in [3.05, 3.63) is 12.7 Å². The molecule has 0 aliphatic heterocycles. The lowest BCUT2D eigenvalue weighted by Gasteiger charge is -2.13. The summed E-state index contributed by atoms with van der Waals surface area (Å²) in [6.07, 6.45) is 1.08. The third-order valence-electron chi connectivity index (χ3n) is 1.04. The molecule has 3 nitrogen and oxygen atoms in total. The van der Waals surface area contributed by atoms with Gasteiger partial charge in [0.2, 0.25) is 0 Å². The van der Waals surface area contributed by atoms with Crippen molar-refractivity contribution in [2.75, 3.05) is 6.61 Å². The van der Waals surface area contributed by atoms with Gasteiger partial charge < -0.3 is 4.74 Å². The minimum atomic E-state index is -0.612. The van der Waals surface area contributed by atoms with Gasteiger partial charge in [0.05, 0.1) is 11.5 Å². The first-order valence-electron chi connectivity index (χ1n) is 3.22. The standard InChI is InChI=1S/C8H11NO2/c1-4-7(10)11-6-8(2,3)5-9/h4H,1,6H2,2-3H3. The Kier molecular flexibility index (Phi) is 3.32. The van der Waals surface area contributed by atoms with Crippen molar-refractivity contribution in [2.45, 2.75) is 13.8 Å². The molecule has 60 valence electrons. The van der Waals surface area contributed by atoms with E-state index in [0.29, 0.717) is 0 Å². The van der Waals surface area contributed by atoms with E-state index in [9.17, 15) is 4.79 Å². The number of ether oxygens (including phenoxy) is 1. The molecule has 0 rings (SSSR count). The number of nitriles is 1. The lowest BCUT2D eigenvalue weighted by molar-refractivity contribution is -0.139. The topological polar surface area (TPSA) is 50.1 Å². The summed E-state index contributed by atoms with van der Waals surface area (Å²) in [7, 11) is 0. The van der Waals surface area contributed by atoms with Gasteiger partial charge in [-0.2, -0.15) is 5.26 Å². The normalized spacial score (nSPS) is 9.91. The predicted molar refractivity (Wildman–Crippen MR) is 40.6 cm³/mol. The SMILES string of the molecule is C=CC(=O)OCC(C)(C)C#N. The monoisotopic (exact) mass is 153 g/mol. The van der Waals surface area contributed by atoms with Crippen LogP contribution in [0.1, 0.15) is 13.8 Å². The maximum atomic E-state index is 10.5. The van der Waals surface area contributed by atoms with Crippen LogP contribution in [0.5, 0.6) is 0 Å². The summed E-state index contributed by atoms with van der Waals surface area (Å²) in [5.74, 6) is -0.492. The number of hydrogen-bond donors (Lipinski definition) is 0. The first kappa shape index (κ1) is 9.70. The molecular formula is C8H11NO2. The molecule has 0 heterocycles. The van der Waals surface area contributed by atoms with Crippen molar-refractivity contribution in [1.29, 1.82) is 5.26 Å². The first-order valence-corrected chi connectivity index (χ1v) is 3.22. The van der Waals surface area contributed by atoms with Crippen LogP contribution in [0.3, 0.4) is 0 Å². The quantitative estimate of drug-likeness (QED) is 0.453. The molecule has 0 atom stereocenters. The van der Waals surface area contributed by atoms with E-state index in [1.54, 1.807) is 13.8 Å². The van der Waals surface area contributed by atoms with E-state index in [2.05, 4.69) is 11.3 Å². The summed E-state index contributed by atoms with van der Waals surface area (Å²) < 4.78 is 4.67. The van der Waals surface area contributed by atoms with Crippen molar-refractivity contribution in [1.82, 2.24) is 0 Å². The summed E-state index contributed by atoms with van der Waals surface area (Å²) in [5.41, 5.74) is -0.612. The van der Waals surface area contributed by atoms with Gasteiger partial charge in [-0.3, -0.25) is 0 Å². The summed E-state index contributed by atoms with van der Waals surface area (Å²) >= 11 is 0. The van der Waals surface area contributed by atoms with Gasteiger partial charge in [-0.05, 0) is 13.8 Å². The van der Waals surface area contributed by atoms with Gasteiger partial charge in [-0.25, -0.2) is 4.79 Å². The molecule has 0 aliphatic rings. The Labute approximate surface area is 66.3 Å². The summed E-state index contributed by atoms with van der Waals surface area (Å²) in [6.45, 7) is 6.73. The summed E-state index contributed by atoms with van der Waals surface area (Å²) in [4.78, 5) is 10.5. The van der Waals surface area contributed by atoms with Gasteiger partial charge in [-0.15, -0.1) is 0 Å². The Morgan fingerprint density at radius 1 is 1.82 bits per heavy atom. The molecular weight excluding hydrogens is 142 g/mol. The molecule has 3 heteroatoms. The lowest BCUT2D eigenvalue weighted by atomic mass is 9.98. The zero-order valence-corrected chi connectivity index (χ0v) is 6.76. The van der Waals surface area contributed by atoms with Crippen LogP contribution in [0.2, 0.25) is 0 Å². The second-order valence-corrected chi connectivity index (χ2v) is 2.81. The van der Waals surface area contributed by atoms with Crippen LogP contribution in [0.25, 0.3) is 0 Å². The summed E-state index contributed by atoms with van der Waals surface area (Å²) in [6, 6.07) is 2.01. The van der Waals surface area contributed by atoms with Gasteiger partial charge in [0.1, 0.15) is 6.61 Å². The van der Waals surface area contributed by atoms with Crippen LogP contribution in [0.15, 0.2) is 12.7 Å². The molecule has 0 unspecified atom stereocenters. The number of carbonyl (C=O) groups excluding carboxylic acids is 1. The predicted octanol–water partition coefficient (Wildman–Crippen LogP) is 1.27. The van der Waals surface area contributed by atoms with Crippen molar-refractivity contribution in [3.63, 3.8) is 0 Å². The molecule has 0 aromatic carbocycles. The zero-order valence-electron chi connectivity index (χ0n) is 6.76. The fourth-order valence-corrected chi connectivity index (χ4v) is 0.343. The maximum Gasteiger partial charge on any atom is 0.330 e. The average Bonchev–Trinajstić information content (AvgIpc) is 2.00. The number of carbonyl (C=O) groups is 1. The minimum absolute atomic E-state index is 0.106. The van der Waals surface area contributed by atoms with Crippen LogP contribution >= 0.6 is 0 Å². The Hall–Kier alpha value is -1.30. The summed E-state index contributed by atoms with van der Waals surface area (Å²) in [5, 5.41) is 8.51. The third-order valence-corrected chi connectivity index (χ3v) is 1.04. The molecule has 11 heavy (non-hydrogen) atoms. The van der Waals surface area contributed by atoms with E-state index in [1.807, 2.05) is 6.07 Å². The van der Waals surface area contributed by atoms with Crippen molar-refractivity contribution in [2.24, 2.45) is 5.41 Å². The van der Waals surface area contributed by atoms with Gasteiger partial charge >= 0.3 is 5.97 Å². The molecule has 0 fully saturated rings. The fraction of sp³-hybridized carbons (Fsp3) is 0.500. The maximum absolute atomic E-state index is 10.5. The first-order chi connectivity index (χ1) is 5.02. The van der Waals surface area contributed by atoms with Crippen LogP contribution in [0, 0.1) is 16.7 Å². The molecule has 0 aromatic heterocycles. The van der Waals surface area contributed by atoms with Crippen LogP contribution in [0.4, 0.5) is 0 Å². The lowest BCUT2D eigenvalue weighted by Crippen LogP contribution is -2.18. The highest BCUT2D eigenvalue weighted by Gasteiger charge is 2.18. The molecule has 0 saturated heterocycles. The van der Waals surface area contributed by atoms with Crippen LogP contribution in [-0.4, -0.2) is 12.6 Å². The fourth-order valence-electron chi connectivity index (χ4n) is 0.343. The van der Waals surface area contributed by atoms with E-state index in [1.165, 1.54) is 0 Å². The van der Waals surface area contributed by atoms with Crippen LogP contribution < -0.4 is 0 Å². The highest BCUT2D eigenvalue weighted by molar-refractivity contribution is 5.81. The van der Waals surface area contributed by atoms with Crippen molar-refractivity contribution < 1.29 is 9.53 Å². The Morgan fingerprint density at radius 3 is 2.73 bits per heavy atom. The second kappa shape index (κ2) is 3.77. The van der Waals surface area contributed by atoms with Crippen molar-refractivity contribution >= 4 is 5.97 Å². The van der Waals surface area contributed by atoms with Crippen molar-refractivity contribution in [3.8, 4) is 6.07 Å². The Balaban J connectivity index is 3.81. The van der Waals surface area contributed by atoms with Gasteiger partial charge in [0, 0.05) is 6.08 Å². The molecule has 0 radical (unpaired) electrons. The van der Waals surface area contributed by atoms with Gasteiger partial charge in [-0.1, -0.05) is 6.58 Å². The van der Waals surface area contributed by atoms with Gasteiger partial charge in [0.15, 0.2) is 0 Å². The number of nitrogens with zero attached hydrogens (tertiary/aromatic N) is 1. The third kappa shape index (κ3) is 4.15. The Bertz CT molecular complexity index is 201. The van der Waals surface area contributed by atoms with E-state index in [0.717, 1.165) is 6.08 Å². The average molecular weight is 153 g/mol. The van der Waals surface area contributed by atoms with E-state index in [4.69, 9.17) is 5.26 Å².